The molecule has 2 heterocycles. The minimum Gasteiger partial charge on any atom is -0.455 e. The van der Waals surface area contributed by atoms with E-state index in [9.17, 15) is 0 Å². The van der Waals surface area contributed by atoms with Gasteiger partial charge in [-0.2, -0.15) is 10.2 Å². The van der Waals surface area contributed by atoms with Crippen LogP contribution in [0.4, 0.5) is 0 Å². The lowest BCUT2D eigenvalue weighted by atomic mass is 10.1. The largest absolute Gasteiger partial charge is 0.455 e. The lowest BCUT2D eigenvalue weighted by Gasteiger charge is -1.90. The van der Waals surface area contributed by atoms with Gasteiger partial charge in [0.15, 0.2) is 5.76 Å². The SMILES string of the molecule is C1=NN=Cc2oc3ccccc3c2C1. The summed E-state index contributed by atoms with van der Waals surface area (Å²) < 4.78 is 5.64. The van der Waals surface area contributed by atoms with Crippen molar-refractivity contribution in [2.75, 3.05) is 0 Å². The lowest BCUT2D eigenvalue weighted by molar-refractivity contribution is 0.604. The highest BCUT2D eigenvalue weighted by molar-refractivity contribution is 5.94. The minimum atomic E-state index is 0.784. The Labute approximate surface area is 80.8 Å². The Hall–Kier alpha value is -1.90. The van der Waals surface area contributed by atoms with Crippen LogP contribution in [0, 0.1) is 0 Å². The van der Waals surface area contributed by atoms with Gasteiger partial charge in [-0.15, -0.1) is 0 Å². The molecule has 0 aliphatic carbocycles. The van der Waals surface area contributed by atoms with Gasteiger partial charge in [0, 0.05) is 23.6 Å². The van der Waals surface area contributed by atoms with Crippen LogP contribution < -0.4 is 0 Å². The predicted octanol–water partition coefficient (Wildman–Crippen LogP) is 2.39. The van der Waals surface area contributed by atoms with Crippen molar-refractivity contribution in [1.82, 2.24) is 0 Å². The van der Waals surface area contributed by atoms with E-state index in [0.29, 0.717) is 0 Å². The van der Waals surface area contributed by atoms with Crippen LogP contribution >= 0.6 is 0 Å². The summed E-state index contributed by atoms with van der Waals surface area (Å²) in [5.74, 6) is 0.823. The molecule has 1 aromatic heterocycles. The average molecular weight is 184 g/mol. The average Bonchev–Trinajstić information content (AvgIpc) is 2.42. The third kappa shape index (κ3) is 0.988. The van der Waals surface area contributed by atoms with Gasteiger partial charge in [0.05, 0.1) is 6.21 Å². The monoisotopic (exact) mass is 184 g/mol. The normalized spacial score (nSPS) is 14.3. The molecule has 14 heavy (non-hydrogen) atoms. The molecule has 0 fully saturated rings. The van der Waals surface area contributed by atoms with E-state index in [4.69, 9.17) is 4.42 Å². The van der Waals surface area contributed by atoms with E-state index in [1.165, 1.54) is 5.56 Å². The van der Waals surface area contributed by atoms with E-state index in [1.54, 1.807) is 12.4 Å². The molecular formula is C11H8N2O. The van der Waals surface area contributed by atoms with Crippen molar-refractivity contribution in [2.45, 2.75) is 6.42 Å². The molecule has 0 bridgehead atoms. The first-order valence-electron chi connectivity index (χ1n) is 4.50. The van der Waals surface area contributed by atoms with Crippen molar-refractivity contribution in [3.8, 4) is 0 Å². The fourth-order valence-corrected chi connectivity index (χ4v) is 1.70. The molecular weight excluding hydrogens is 176 g/mol. The molecule has 3 rings (SSSR count). The number of benzene rings is 1. The highest BCUT2D eigenvalue weighted by atomic mass is 16.3. The molecule has 0 radical (unpaired) electrons. The van der Waals surface area contributed by atoms with Gasteiger partial charge in [-0.3, -0.25) is 0 Å². The third-order valence-electron chi connectivity index (χ3n) is 2.35. The molecule has 2 aromatic rings. The lowest BCUT2D eigenvalue weighted by Crippen LogP contribution is -1.86. The summed E-state index contributed by atoms with van der Waals surface area (Å²) >= 11 is 0. The molecule has 0 saturated carbocycles. The number of rotatable bonds is 0. The quantitative estimate of drug-likeness (QED) is 0.619. The maximum absolute atomic E-state index is 5.64. The van der Waals surface area contributed by atoms with Crippen LogP contribution in [0.1, 0.15) is 11.3 Å². The van der Waals surface area contributed by atoms with Crippen LogP contribution in [0.2, 0.25) is 0 Å². The van der Waals surface area contributed by atoms with Gasteiger partial charge in [-0.05, 0) is 6.07 Å². The van der Waals surface area contributed by atoms with Gasteiger partial charge >= 0.3 is 0 Å². The van der Waals surface area contributed by atoms with Gasteiger partial charge in [-0.25, -0.2) is 0 Å². The number of para-hydroxylation sites is 1. The number of fused-ring (bicyclic) bond motifs is 3. The Balaban J connectivity index is 2.37. The summed E-state index contributed by atoms with van der Waals surface area (Å²) in [6, 6.07) is 8.01. The van der Waals surface area contributed by atoms with Crippen molar-refractivity contribution in [3.05, 3.63) is 35.6 Å². The highest BCUT2D eigenvalue weighted by Gasteiger charge is 2.12. The molecule has 0 spiro atoms. The Morgan fingerprint density at radius 1 is 1.14 bits per heavy atom. The second-order valence-electron chi connectivity index (χ2n) is 3.19. The second kappa shape index (κ2) is 2.80. The van der Waals surface area contributed by atoms with Gasteiger partial charge in [-0.1, -0.05) is 18.2 Å². The van der Waals surface area contributed by atoms with Crippen LogP contribution in [0.3, 0.4) is 0 Å². The maximum Gasteiger partial charge on any atom is 0.151 e. The van der Waals surface area contributed by atoms with Crippen molar-refractivity contribution in [2.24, 2.45) is 10.2 Å². The standard InChI is InChI=1S/C11H8N2O/c1-2-4-10-8(3-1)9-5-6-12-13-7-11(9)14-10/h1-4,6-7H,5H2. The van der Waals surface area contributed by atoms with Crippen molar-refractivity contribution >= 4 is 23.4 Å². The van der Waals surface area contributed by atoms with Crippen LogP contribution in [-0.2, 0) is 6.42 Å². The molecule has 1 aliphatic rings. The number of hydrogen-bond acceptors (Lipinski definition) is 3. The zero-order chi connectivity index (χ0) is 9.38. The minimum absolute atomic E-state index is 0.784. The highest BCUT2D eigenvalue weighted by Crippen LogP contribution is 2.25. The van der Waals surface area contributed by atoms with Gasteiger partial charge in [0.1, 0.15) is 5.58 Å². The Morgan fingerprint density at radius 2 is 2.07 bits per heavy atom. The van der Waals surface area contributed by atoms with Crippen molar-refractivity contribution in [3.63, 3.8) is 0 Å². The number of nitrogens with zero attached hydrogens (tertiary/aromatic N) is 2. The summed E-state index contributed by atoms with van der Waals surface area (Å²) in [5.41, 5.74) is 2.09. The smallest absolute Gasteiger partial charge is 0.151 e. The third-order valence-corrected chi connectivity index (χ3v) is 2.35. The molecule has 0 N–H and O–H groups in total. The molecule has 0 saturated heterocycles. The first-order chi connectivity index (χ1) is 6.95. The van der Waals surface area contributed by atoms with Crippen LogP contribution in [0.25, 0.3) is 11.0 Å². The van der Waals surface area contributed by atoms with Crippen molar-refractivity contribution < 1.29 is 4.42 Å². The van der Waals surface area contributed by atoms with E-state index >= 15 is 0 Å². The summed E-state index contributed by atoms with van der Waals surface area (Å²) in [6.45, 7) is 0. The number of furan rings is 1. The van der Waals surface area contributed by atoms with E-state index < -0.39 is 0 Å². The summed E-state index contributed by atoms with van der Waals surface area (Å²) in [6.07, 6.45) is 4.25. The molecule has 1 aromatic carbocycles. The molecule has 3 nitrogen and oxygen atoms in total. The Bertz CT molecular complexity index is 537. The molecule has 68 valence electrons. The zero-order valence-corrected chi connectivity index (χ0v) is 7.47. The Morgan fingerprint density at radius 3 is 3.07 bits per heavy atom. The summed E-state index contributed by atoms with van der Waals surface area (Å²) in [4.78, 5) is 0. The van der Waals surface area contributed by atoms with E-state index in [2.05, 4.69) is 16.3 Å². The van der Waals surface area contributed by atoms with Gasteiger partial charge < -0.3 is 4.42 Å². The zero-order valence-electron chi connectivity index (χ0n) is 7.47. The topological polar surface area (TPSA) is 37.9 Å². The number of hydrogen-bond donors (Lipinski definition) is 0. The van der Waals surface area contributed by atoms with Crippen LogP contribution in [0.5, 0.6) is 0 Å². The summed E-state index contributed by atoms with van der Waals surface area (Å²) in [7, 11) is 0. The molecule has 3 heteroatoms. The first kappa shape index (κ1) is 7.50. The Kier molecular flexibility index (Phi) is 1.50. The molecule has 0 atom stereocenters. The second-order valence-corrected chi connectivity index (χ2v) is 3.19. The van der Waals surface area contributed by atoms with Gasteiger partial charge in [0.2, 0.25) is 0 Å². The molecule has 0 unspecified atom stereocenters. The van der Waals surface area contributed by atoms with Crippen LogP contribution in [0.15, 0.2) is 38.9 Å². The molecule has 1 aliphatic heterocycles. The summed E-state index contributed by atoms with van der Waals surface area (Å²) in [5, 5.41) is 8.86. The predicted molar refractivity (Wildman–Crippen MR) is 56.0 cm³/mol. The fraction of sp³-hybridized carbons (Fsp3) is 0.0909. The van der Waals surface area contributed by atoms with Crippen LogP contribution in [-0.4, -0.2) is 12.4 Å². The van der Waals surface area contributed by atoms with Crippen molar-refractivity contribution in [1.29, 1.82) is 0 Å². The maximum atomic E-state index is 5.64. The van der Waals surface area contributed by atoms with E-state index in [1.807, 2.05) is 18.2 Å². The first-order valence-corrected chi connectivity index (χ1v) is 4.50. The van der Waals surface area contributed by atoms with Gasteiger partial charge in [0.25, 0.3) is 0 Å². The fourth-order valence-electron chi connectivity index (χ4n) is 1.70. The van der Waals surface area contributed by atoms with E-state index in [-0.39, 0.29) is 0 Å². The van der Waals surface area contributed by atoms with E-state index in [0.717, 1.165) is 23.2 Å². The molecule has 0 amide bonds.